The molecule has 0 aliphatic carbocycles. The molecule has 0 aliphatic heterocycles. The van der Waals surface area contributed by atoms with E-state index in [0.29, 0.717) is 18.6 Å². The van der Waals surface area contributed by atoms with Gasteiger partial charge in [0, 0.05) is 25.5 Å². The molecule has 0 fully saturated rings. The fraction of sp³-hybridized carbons (Fsp3) is 0.300. The molecule has 3 nitrogen and oxygen atoms in total. The Balaban J connectivity index is 1.95. The summed E-state index contributed by atoms with van der Waals surface area (Å²) >= 11 is 0. The van der Waals surface area contributed by atoms with Gasteiger partial charge in [-0.2, -0.15) is 0 Å². The van der Waals surface area contributed by atoms with Crippen molar-refractivity contribution in [1.29, 1.82) is 0 Å². The quantitative estimate of drug-likeness (QED) is 0.697. The number of Topliss-reactive ketones (excluding diaryl/α,β-unsaturated/α-hetero) is 1. The lowest BCUT2D eigenvalue weighted by molar-refractivity contribution is -0.118. The standard InChI is InChI=1S/C20H22N2O/c1-4-7-17(23)13-15-10-11-16(12-14(15)2)20-21-18-8-5-6-9-19(18)22(20)3/h5-6,8-12H,4,7,13H2,1-3H3. The van der Waals surface area contributed by atoms with Crippen LogP contribution in [0.2, 0.25) is 0 Å². The van der Waals surface area contributed by atoms with Gasteiger partial charge in [-0.05, 0) is 42.7 Å². The van der Waals surface area contributed by atoms with Crippen LogP contribution in [0.3, 0.4) is 0 Å². The number of fused-ring (bicyclic) bond motifs is 1. The number of aryl methyl sites for hydroxylation is 2. The number of aromatic nitrogens is 2. The number of hydrogen-bond donors (Lipinski definition) is 0. The molecule has 0 unspecified atom stereocenters. The maximum atomic E-state index is 11.9. The number of rotatable bonds is 5. The van der Waals surface area contributed by atoms with Gasteiger partial charge in [-0.3, -0.25) is 4.79 Å². The van der Waals surface area contributed by atoms with E-state index in [1.807, 2.05) is 32.2 Å². The van der Waals surface area contributed by atoms with E-state index in [2.05, 4.69) is 35.8 Å². The van der Waals surface area contributed by atoms with Crippen LogP contribution in [0, 0.1) is 6.92 Å². The van der Waals surface area contributed by atoms with Crippen LogP contribution in [0.4, 0.5) is 0 Å². The van der Waals surface area contributed by atoms with Crippen molar-refractivity contribution in [3.63, 3.8) is 0 Å². The summed E-state index contributed by atoms with van der Waals surface area (Å²) in [6.45, 7) is 4.11. The second-order valence-electron chi connectivity index (χ2n) is 6.09. The van der Waals surface area contributed by atoms with E-state index in [9.17, 15) is 4.79 Å². The van der Waals surface area contributed by atoms with Gasteiger partial charge >= 0.3 is 0 Å². The normalized spacial score (nSPS) is 11.1. The molecule has 0 bridgehead atoms. The number of hydrogen-bond acceptors (Lipinski definition) is 2. The zero-order valence-corrected chi connectivity index (χ0v) is 14.0. The number of carbonyl (C=O) groups excluding carboxylic acids is 1. The monoisotopic (exact) mass is 306 g/mol. The SMILES string of the molecule is CCCC(=O)Cc1ccc(-c2nc3ccccc3n2C)cc1C. The van der Waals surface area contributed by atoms with Crippen LogP contribution < -0.4 is 0 Å². The van der Waals surface area contributed by atoms with Gasteiger partial charge in [-0.15, -0.1) is 0 Å². The first-order chi connectivity index (χ1) is 11.1. The van der Waals surface area contributed by atoms with Crippen molar-refractivity contribution in [3.05, 3.63) is 53.6 Å². The van der Waals surface area contributed by atoms with Crippen molar-refractivity contribution in [2.75, 3.05) is 0 Å². The molecule has 0 atom stereocenters. The first kappa shape index (κ1) is 15.5. The summed E-state index contributed by atoms with van der Waals surface area (Å²) in [7, 11) is 2.04. The smallest absolute Gasteiger partial charge is 0.140 e. The van der Waals surface area contributed by atoms with Gasteiger partial charge < -0.3 is 4.57 Å². The first-order valence-electron chi connectivity index (χ1n) is 8.13. The van der Waals surface area contributed by atoms with E-state index in [1.165, 1.54) is 0 Å². The molecule has 23 heavy (non-hydrogen) atoms. The zero-order chi connectivity index (χ0) is 16.4. The second kappa shape index (κ2) is 6.37. The predicted molar refractivity (Wildman–Crippen MR) is 94.5 cm³/mol. The third-order valence-corrected chi connectivity index (χ3v) is 4.30. The molecule has 0 saturated heterocycles. The molecule has 3 rings (SSSR count). The average molecular weight is 306 g/mol. The summed E-state index contributed by atoms with van der Waals surface area (Å²) in [6, 6.07) is 14.4. The molecule has 0 amide bonds. The molecule has 3 heteroatoms. The minimum absolute atomic E-state index is 0.311. The van der Waals surface area contributed by atoms with Crippen molar-refractivity contribution in [2.45, 2.75) is 33.1 Å². The van der Waals surface area contributed by atoms with Gasteiger partial charge in [0.2, 0.25) is 0 Å². The fourth-order valence-electron chi connectivity index (χ4n) is 3.02. The molecule has 0 saturated carbocycles. The highest BCUT2D eigenvalue weighted by atomic mass is 16.1. The molecular weight excluding hydrogens is 284 g/mol. The number of nitrogens with zero attached hydrogens (tertiary/aromatic N) is 2. The van der Waals surface area contributed by atoms with Gasteiger partial charge in [-0.25, -0.2) is 4.98 Å². The van der Waals surface area contributed by atoms with E-state index < -0.39 is 0 Å². The maximum Gasteiger partial charge on any atom is 0.140 e. The van der Waals surface area contributed by atoms with Crippen molar-refractivity contribution >= 4 is 16.8 Å². The highest BCUT2D eigenvalue weighted by Crippen LogP contribution is 2.25. The summed E-state index contributed by atoms with van der Waals surface area (Å²) in [6.07, 6.45) is 2.10. The second-order valence-corrected chi connectivity index (χ2v) is 6.09. The first-order valence-corrected chi connectivity index (χ1v) is 8.13. The minimum Gasteiger partial charge on any atom is -0.327 e. The Bertz CT molecular complexity index is 861. The topological polar surface area (TPSA) is 34.9 Å². The zero-order valence-electron chi connectivity index (χ0n) is 14.0. The van der Waals surface area contributed by atoms with Gasteiger partial charge in [-0.1, -0.05) is 31.2 Å². The van der Waals surface area contributed by atoms with Crippen molar-refractivity contribution in [2.24, 2.45) is 7.05 Å². The molecule has 1 aromatic heterocycles. The molecule has 0 spiro atoms. The third-order valence-electron chi connectivity index (χ3n) is 4.30. The minimum atomic E-state index is 0.311. The lowest BCUT2D eigenvalue weighted by Gasteiger charge is -2.08. The number of ketones is 1. The van der Waals surface area contributed by atoms with Crippen molar-refractivity contribution in [3.8, 4) is 11.4 Å². The highest BCUT2D eigenvalue weighted by Gasteiger charge is 2.11. The fourth-order valence-corrected chi connectivity index (χ4v) is 3.02. The van der Waals surface area contributed by atoms with Crippen LogP contribution in [0.25, 0.3) is 22.4 Å². The van der Waals surface area contributed by atoms with E-state index >= 15 is 0 Å². The summed E-state index contributed by atoms with van der Waals surface area (Å²) in [5.74, 6) is 1.27. The van der Waals surface area contributed by atoms with E-state index in [1.54, 1.807) is 0 Å². The van der Waals surface area contributed by atoms with Crippen LogP contribution in [0.15, 0.2) is 42.5 Å². The highest BCUT2D eigenvalue weighted by molar-refractivity contribution is 5.82. The molecule has 0 N–H and O–H groups in total. The van der Waals surface area contributed by atoms with Crippen molar-refractivity contribution in [1.82, 2.24) is 9.55 Å². The molecule has 1 heterocycles. The lowest BCUT2D eigenvalue weighted by Crippen LogP contribution is -2.03. The Hall–Kier alpha value is -2.42. The molecule has 118 valence electrons. The maximum absolute atomic E-state index is 11.9. The Morgan fingerprint density at radius 1 is 1.17 bits per heavy atom. The van der Waals surface area contributed by atoms with Crippen molar-refractivity contribution < 1.29 is 4.79 Å². The molecule has 3 aromatic rings. The van der Waals surface area contributed by atoms with Crippen LogP contribution >= 0.6 is 0 Å². The lowest BCUT2D eigenvalue weighted by atomic mass is 9.99. The van der Waals surface area contributed by atoms with Gasteiger partial charge in [0.15, 0.2) is 0 Å². The summed E-state index contributed by atoms with van der Waals surface area (Å²) < 4.78 is 2.12. The van der Waals surface area contributed by atoms with Crippen LogP contribution in [0.1, 0.15) is 30.9 Å². The molecule has 0 radical (unpaired) electrons. The van der Waals surface area contributed by atoms with E-state index in [0.717, 1.165) is 40.0 Å². The Labute approximate surface area is 137 Å². The number of benzene rings is 2. The van der Waals surface area contributed by atoms with E-state index in [-0.39, 0.29) is 0 Å². The Morgan fingerprint density at radius 3 is 2.65 bits per heavy atom. The average Bonchev–Trinajstić information content (AvgIpc) is 2.87. The van der Waals surface area contributed by atoms with Crippen LogP contribution in [-0.4, -0.2) is 15.3 Å². The van der Waals surface area contributed by atoms with Gasteiger partial charge in [0.25, 0.3) is 0 Å². The summed E-state index contributed by atoms with van der Waals surface area (Å²) in [5, 5.41) is 0. The number of para-hydroxylation sites is 2. The van der Waals surface area contributed by atoms with Gasteiger partial charge in [0.05, 0.1) is 11.0 Å². The Morgan fingerprint density at radius 2 is 1.96 bits per heavy atom. The van der Waals surface area contributed by atoms with Gasteiger partial charge in [0.1, 0.15) is 11.6 Å². The number of imidazole rings is 1. The number of carbonyl (C=O) groups is 1. The third kappa shape index (κ3) is 3.04. The molecule has 0 aliphatic rings. The van der Waals surface area contributed by atoms with Crippen LogP contribution in [0.5, 0.6) is 0 Å². The molecular formula is C20H22N2O. The largest absolute Gasteiger partial charge is 0.327 e. The molecule has 2 aromatic carbocycles. The Kier molecular flexibility index (Phi) is 4.28. The van der Waals surface area contributed by atoms with Crippen LogP contribution in [-0.2, 0) is 18.3 Å². The van der Waals surface area contributed by atoms with E-state index in [4.69, 9.17) is 4.98 Å². The summed E-state index contributed by atoms with van der Waals surface area (Å²) in [5.41, 5.74) is 5.49. The predicted octanol–water partition coefficient (Wildman–Crippen LogP) is 4.46. The summed E-state index contributed by atoms with van der Waals surface area (Å²) in [4.78, 5) is 16.6.